The molecule has 0 radical (unpaired) electrons. The van der Waals surface area contributed by atoms with Gasteiger partial charge in [0.05, 0.1) is 18.7 Å². The summed E-state index contributed by atoms with van der Waals surface area (Å²) < 4.78 is 23.2. The van der Waals surface area contributed by atoms with E-state index in [2.05, 4.69) is 15.9 Å². The summed E-state index contributed by atoms with van der Waals surface area (Å²) in [6, 6.07) is 3.30. The third-order valence-corrected chi connectivity index (χ3v) is 2.32. The Labute approximate surface area is 84.8 Å². The van der Waals surface area contributed by atoms with Crippen LogP contribution in [0.2, 0.25) is 0 Å². The van der Waals surface area contributed by atoms with E-state index >= 15 is 0 Å². The second kappa shape index (κ2) is 4.46. The molecular weight excluding hydrogens is 239 g/mol. The van der Waals surface area contributed by atoms with Crippen LogP contribution >= 0.6 is 15.9 Å². The van der Waals surface area contributed by atoms with E-state index in [0.29, 0.717) is 17.1 Å². The van der Waals surface area contributed by atoms with Crippen molar-refractivity contribution in [2.24, 2.45) is 0 Å². The van der Waals surface area contributed by atoms with Crippen molar-refractivity contribution in [3.05, 3.63) is 22.2 Å². The van der Waals surface area contributed by atoms with Crippen molar-refractivity contribution in [1.82, 2.24) is 0 Å². The molecule has 4 heteroatoms. The Kier molecular flexibility index (Phi) is 3.54. The van der Waals surface area contributed by atoms with Gasteiger partial charge in [0.15, 0.2) is 0 Å². The number of hydrogen-bond acceptors (Lipinski definition) is 2. The van der Waals surface area contributed by atoms with E-state index in [0.717, 1.165) is 4.47 Å². The van der Waals surface area contributed by atoms with Gasteiger partial charge in [-0.05, 0) is 22.0 Å². The Morgan fingerprint density at radius 1 is 1.23 bits per heavy atom. The lowest BCUT2D eigenvalue weighted by Gasteiger charge is -2.09. The molecule has 0 amide bonds. The average Bonchev–Trinajstić information content (AvgIpc) is 2.17. The van der Waals surface area contributed by atoms with Crippen LogP contribution in [0.1, 0.15) is 5.56 Å². The fraction of sp³-hybridized carbons (Fsp3) is 0.333. The highest BCUT2D eigenvalue weighted by atomic mass is 79.9. The van der Waals surface area contributed by atoms with Crippen LogP contribution in [-0.2, 0) is 6.67 Å². The number of ether oxygens (including phenoxy) is 2. The monoisotopic (exact) mass is 248 g/mol. The zero-order valence-corrected chi connectivity index (χ0v) is 9.02. The van der Waals surface area contributed by atoms with Crippen LogP contribution in [0.15, 0.2) is 16.6 Å². The van der Waals surface area contributed by atoms with E-state index in [1.165, 1.54) is 7.11 Å². The van der Waals surface area contributed by atoms with E-state index < -0.39 is 6.67 Å². The molecule has 0 aliphatic rings. The number of hydrogen-bond donors (Lipinski definition) is 0. The SMILES string of the molecule is COc1cc(OC)c(CF)cc1Br. The topological polar surface area (TPSA) is 18.5 Å². The van der Waals surface area contributed by atoms with E-state index in [1.807, 2.05) is 0 Å². The quantitative estimate of drug-likeness (QED) is 0.819. The smallest absolute Gasteiger partial charge is 0.136 e. The molecule has 0 N–H and O–H groups in total. The number of rotatable bonds is 3. The molecular formula is C9H10BrFO2. The molecule has 1 rings (SSSR count). The van der Waals surface area contributed by atoms with Gasteiger partial charge in [0.2, 0.25) is 0 Å². The molecule has 1 aromatic rings. The van der Waals surface area contributed by atoms with Crippen LogP contribution in [0.3, 0.4) is 0 Å². The van der Waals surface area contributed by atoms with Crippen molar-refractivity contribution in [3.63, 3.8) is 0 Å². The van der Waals surface area contributed by atoms with E-state index in [1.54, 1.807) is 19.2 Å². The first-order chi connectivity index (χ1) is 6.22. The molecule has 0 unspecified atom stereocenters. The van der Waals surface area contributed by atoms with Gasteiger partial charge in [-0.3, -0.25) is 0 Å². The first-order valence-electron chi connectivity index (χ1n) is 3.69. The van der Waals surface area contributed by atoms with Gasteiger partial charge in [-0.15, -0.1) is 0 Å². The lowest BCUT2D eigenvalue weighted by molar-refractivity contribution is 0.380. The molecule has 0 saturated heterocycles. The molecule has 0 aliphatic heterocycles. The Morgan fingerprint density at radius 2 is 1.85 bits per heavy atom. The van der Waals surface area contributed by atoms with Crippen LogP contribution < -0.4 is 9.47 Å². The average molecular weight is 249 g/mol. The maximum absolute atomic E-state index is 12.4. The Balaban J connectivity index is 3.18. The van der Waals surface area contributed by atoms with E-state index in [4.69, 9.17) is 9.47 Å². The van der Waals surface area contributed by atoms with Crippen molar-refractivity contribution in [3.8, 4) is 11.5 Å². The van der Waals surface area contributed by atoms with Crippen LogP contribution in [0.5, 0.6) is 11.5 Å². The predicted molar refractivity (Wildman–Crippen MR) is 52.1 cm³/mol. The van der Waals surface area contributed by atoms with Crippen LogP contribution in [0.25, 0.3) is 0 Å². The molecule has 0 aliphatic carbocycles. The molecule has 13 heavy (non-hydrogen) atoms. The first-order valence-corrected chi connectivity index (χ1v) is 4.48. The summed E-state index contributed by atoms with van der Waals surface area (Å²) in [5.41, 5.74) is 0.509. The molecule has 0 saturated carbocycles. The molecule has 0 aromatic heterocycles. The first kappa shape index (κ1) is 10.3. The highest BCUT2D eigenvalue weighted by Crippen LogP contribution is 2.33. The number of benzene rings is 1. The summed E-state index contributed by atoms with van der Waals surface area (Å²) in [5, 5.41) is 0. The van der Waals surface area contributed by atoms with Crippen molar-refractivity contribution in [2.45, 2.75) is 6.67 Å². The molecule has 0 bridgehead atoms. The normalized spacial score (nSPS) is 9.85. The second-order valence-corrected chi connectivity index (χ2v) is 3.29. The molecule has 0 atom stereocenters. The van der Waals surface area contributed by atoms with E-state index in [-0.39, 0.29) is 0 Å². The third kappa shape index (κ3) is 2.12. The van der Waals surface area contributed by atoms with Gasteiger partial charge >= 0.3 is 0 Å². The summed E-state index contributed by atoms with van der Waals surface area (Å²) in [6.45, 7) is -0.550. The van der Waals surface area contributed by atoms with Gasteiger partial charge in [-0.1, -0.05) is 0 Å². The zero-order valence-electron chi connectivity index (χ0n) is 7.43. The van der Waals surface area contributed by atoms with Gasteiger partial charge in [0.25, 0.3) is 0 Å². The van der Waals surface area contributed by atoms with Gasteiger partial charge in [0.1, 0.15) is 18.2 Å². The highest BCUT2D eigenvalue weighted by Gasteiger charge is 2.08. The van der Waals surface area contributed by atoms with Gasteiger partial charge < -0.3 is 9.47 Å². The van der Waals surface area contributed by atoms with Crippen LogP contribution in [0.4, 0.5) is 4.39 Å². The molecule has 72 valence electrons. The van der Waals surface area contributed by atoms with Crippen molar-refractivity contribution in [1.29, 1.82) is 0 Å². The van der Waals surface area contributed by atoms with Crippen molar-refractivity contribution in [2.75, 3.05) is 14.2 Å². The van der Waals surface area contributed by atoms with Gasteiger partial charge in [0, 0.05) is 11.6 Å². The lowest BCUT2D eigenvalue weighted by atomic mass is 10.2. The van der Waals surface area contributed by atoms with Crippen molar-refractivity contribution >= 4 is 15.9 Å². The van der Waals surface area contributed by atoms with Gasteiger partial charge in [-0.25, -0.2) is 4.39 Å². The maximum atomic E-state index is 12.4. The predicted octanol–water partition coefficient (Wildman–Crippen LogP) is 2.94. The summed E-state index contributed by atoms with van der Waals surface area (Å²) >= 11 is 3.26. The summed E-state index contributed by atoms with van der Waals surface area (Å²) in [4.78, 5) is 0. The standard InChI is InChI=1S/C9H10BrFO2/c1-12-8-4-9(13-2)7(10)3-6(8)5-11/h3-4H,5H2,1-2H3. The Morgan fingerprint density at radius 3 is 2.31 bits per heavy atom. The van der Waals surface area contributed by atoms with Gasteiger partial charge in [-0.2, -0.15) is 0 Å². The number of alkyl halides is 1. The van der Waals surface area contributed by atoms with E-state index in [9.17, 15) is 4.39 Å². The van der Waals surface area contributed by atoms with Crippen LogP contribution in [0, 0.1) is 0 Å². The largest absolute Gasteiger partial charge is 0.496 e. The molecule has 2 nitrogen and oxygen atoms in total. The summed E-state index contributed by atoms with van der Waals surface area (Å²) in [5.74, 6) is 1.14. The molecule has 0 spiro atoms. The molecule has 0 fully saturated rings. The fourth-order valence-corrected chi connectivity index (χ4v) is 1.58. The van der Waals surface area contributed by atoms with Crippen molar-refractivity contribution < 1.29 is 13.9 Å². The highest BCUT2D eigenvalue weighted by molar-refractivity contribution is 9.10. The number of methoxy groups -OCH3 is 2. The lowest BCUT2D eigenvalue weighted by Crippen LogP contribution is -1.92. The third-order valence-electron chi connectivity index (χ3n) is 1.70. The molecule has 0 heterocycles. The Bertz CT molecular complexity index is 302. The Hall–Kier alpha value is -0.770. The zero-order chi connectivity index (χ0) is 9.84. The summed E-state index contributed by atoms with van der Waals surface area (Å²) in [6.07, 6.45) is 0. The molecule has 1 aromatic carbocycles. The summed E-state index contributed by atoms with van der Waals surface area (Å²) in [7, 11) is 3.05. The number of halogens is 2. The second-order valence-electron chi connectivity index (χ2n) is 2.43. The fourth-order valence-electron chi connectivity index (χ4n) is 1.03. The van der Waals surface area contributed by atoms with Crippen LogP contribution in [-0.4, -0.2) is 14.2 Å². The minimum absolute atomic E-state index is 0.502. The maximum Gasteiger partial charge on any atom is 0.136 e. The minimum Gasteiger partial charge on any atom is -0.496 e. The minimum atomic E-state index is -0.550.